The number of nitrogens with two attached hydrogens (primary N) is 1. The number of para-hydroxylation sites is 2. The van der Waals surface area contributed by atoms with Gasteiger partial charge in [-0.1, -0.05) is 158 Å². The van der Waals surface area contributed by atoms with E-state index in [2.05, 4.69) is 175 Å². The van der Waals surface area contributed by atoms with Crippen molar-refractivity contribution in [3.05, 3.63) is 222 Å². The Morgan fingerprint density at radius 1 is 0.656 bits per heavy atom. The third-order valence-corrected chi connectivity index (χ3v) is 13.3. The zero-order valence-corrected chi connectivity index (χ0v) is 36.0. The summed E-state index contributed by atoms with van der Waals surface area (Å²) in [6.07, 6.45) is 3.76. The summed E-state index contributed by atoms with van der Waals surface area (Å²) < 4.78 is 11.4. The predicted molar refractivity (Wildman–Crippen MR) is 272 cm³/mol. The van der Waals surface area contributed by atoms with Crippen LogP contribution in [0.15, 0.2) is 215 Å². The molecule has 0 saturated heterocycles. The van der Waals surface area contributed by atoms with Crippen LogP contribution in [-0.4, -0.2) is 16.2 Å². The van der Waals surface area contributed by atoms with Crippen molar-refractivity contribution in [2.75, 3.05) is 0 Å². The first kappa shape index (κ1) is 38.8. The molecular formula is C58H42N4OS. The van der Waals surface area contributed by atoms with Crippen LogP contribution in [0, 0.1) is 0 Å². The van der Waals surface area contributed by atoms with E-state index in [1.807, 2.05) is 48.6 Å². The lowest BCUT2D eigenvalue weighted by Gasteiger charge is -2.11. The number of hydrogen-bond donors (Lipinski definition) is 1. The molecule has 11 aromatic rings. The molecule has 2 N–H and O–H groups in total. The van der Waals surface area contributed by atoms with Crippen molar-refractivity contribution in [3.63, 3.8) is 0 Å². The molecule has 0 atom stereocenters. The number of nitrogens with zero attached hydrogens (tertiary/aromatic N) is 3. The molecule has 0 aliphatic carbocycles. The molecule has 0 bridgehead atoms. The van der Waals surface area contributed by atoms with Crippen molar-refractivity contribution in [1.82, 2.24) is 4.57 Å². The summed E-state index contributed by atoms with van der Waals surface area (Å²) in [5.41, 5.74) is 19.1. The number of aliphatic imine (C=N–C) groups is 2. The zero-order valence-electron chi connectivity index (χ0n) is 35.2. The Labute approximate surface area is 374 Å². The molecule has 11 rings (SSSR count). The number of fused-ring (bicyclic) bond motifs is 7. The topological polar surface area (TPSA) is 68.8 Å². The molecule has 0 aliphatic heterocycles. The molecule has 5 nitrogen and oxygen atoms in total. The van der Waals surface area contributed by atoms with Crippen LogP contribution in [0.4, 0.5) is 0 Å². The maximum atomic E-state index is 7.17. The highest BCUT2D eigenvalue weighted by Gasteiger charge is 2.19. The molecule has 0 radical (unpaired) electrons. The van der Waals surface area contributed by atoms with Gasteiger partial charge in [0.15, 0.2) is 5.84 Å². The average Bonchev–Trinajstić information content (AvgIpc) is 4.03. The second-order valence-electron chi connectivity index (χ2n) is 15.8. The van der Waals surface area contributed by atoms with E-state index in [4.69, 9.17) is 20.1 Å². The normalized spacial score (nSPS) is 13.2. The summed E-state index contributed by atoms with van der Waals surface area (Å²) in [7, 11) is 0. The fraction of sp³-hybridized carbons (Fsp3) is 0.0345. The highest BCUT2D eigenvalue weighted by Crippen LogP contribution is 2.45. The van der Waals surface area contributed by atoms with E-state index in [1.54, 1.807) is 6.08 Å². The molecule has 0 saturated carbocycles. The first-order chi connectivity index (χ1) is 31.6. The second-order valence-corrected chi connectivity index (χ2v) is 16.9. The molecule has 3 aromatic heterocycles. The first-order valence-electron chi connectivity index (χ1n) is 21.5. The van der Waals surface area contributed by atoms with Crippen LogP contribution in [0.25, 0.3) is 92.5 Å². The number of furan rings is 1. The maximum absolute atomic E-state index is 7.17. The third kappa shape index (κ3) is 6.72. The molecule has 3 heterocycles. The van der Waals surface area contributed by atoms with Crippen molar-refractivity contribution in [2.24, 2.45) is 15.7 Å². The molecule has 0 aliphatic rings. The maximum Gasteiger partial charge on any atom is 0.157 e. The number of rotatable bonds is 8. The first-order valence-corrected chi connectivity index (χ1v) is 22.3. The van der Waals surface area contributed by atoms with E-state index < -0.39 is 0 Å². The Hall–Kier alpha value is -8.06. The van der Waals surface area contributed by atoms with Gasteiger partial charge in [-0.05, 0) is 83.3 Å². The Morgan fingerprint density at radius 2 is 1.33 bits per heavy atom. The molecule has 0 spiro atoms. The van der Waals surface area contributed by atoms with Gasteiger partial charge in [0, 0.05) is 58.4 Å². The number of aromatic nitrogens is 1. The number of benzene rings is 8. The second kappa shape index (κ2) is 16.3. The summed E-state index contributed by atoms with van der Waals surface area (Å²) in [4.78, 5) is 10.3. The van der Waals surface area contributed by atoms with Gasteiger partial charge < -0.3 is 14.7 Å². The summed E-state index contributed by atoms with van der Waals surface area (Å²) >= 11 is 1.84. The SMILES string of the molecule is C=C/C(C(N)=NC(=NCc1ccccc1)c1cccc(-n2c3ccccc3c3ccccc32)c1)=c1\c(=C/C)oc2ccc(-c3ccc(-c4ccccc4)c4sc5ccccc5c34)cc12. The Kier molecular flexibility index (Phi) is 9.91. The molecular weight excluding hydrogens is 801 g/mol. The molecule has 306 valence electrons. The van der Waals surface area contributed by atoms with Gasteiger partial charge in [-0.3, -0.25) is 4.99 Å². The Bertz CT molecular complexity index is 3740. The smallest absolute Gasteiger partial charge is 0.157 e. The van der Waals surface area contributed by atoms with E-state index in [0.717, 1.165) is 55.2 Å². The largest absolute Gasteiger partial charge is 0.456 e. The predicted octanol–water partition coefficient (Wildman–Crippen LogP) is 13.4. The lowest BCUT2D eigenvalue weighted by molar-refractivity contribution is 0.575. The van der Waals surface area contributed by atoms with Crippen molar-refractivity contribution in [3.8, 4) is 27.9 Å². The van der Waals surface area contributed by atoms with Crippen molar-refractivity contribution < 1.29 is 4.42 Å². The fourth-order valence-corrected chi connectivity index (χ4v) is 10.4. The van der Waals surface area contributed by atoms with E-state index in [0.29, 0.717) is 29.2 Å². The lowest BCUT2D eigenvalue weighted by Crippen LogP contribution is -2.29. The molecule has 64 heavy (non-hydrogen) atoms. The zero-order chi connectivity index (χ0) is 43.1. The van der Waals surface area contributed by atoms with Crippen LogP contribution >= 0.6 is 11.3 Å². The highest BCUT2D eigenvalue weighted by atomic mass is 32.1. The number of hydrogen-bond acceptors (Lipinski definition) is 3. The van der Waals surface area contributed by atoms with Gasteiger partial charge in [-0.2, -0.15) is 0 Å². The minimum Gasteiger partial charge on any atom is -0.456 e. The Morgan fingerprint density at radius 3 is 2.06 bits per heavy atom. The molecule has 8 aromatic carbocycles. The average molecular weight is 843 g/mol. The van der Waals surface area contributed by atoms with Crippen LogP contribution in [0.2, 0.25) is 0 Å². The van der Waals surface area contributed by atoms with Gasteiger partial charge >= 0.3 is 0 Å². The van der Waals surface area contributed by atoms with Crippen molar-refractivity contribution >= 4 is 87.6 Å². The number of thiophene rings is 1. The van der Waals surface area contributed by atoms with Crippen molar-refractivity contribution in [2.45, 2.75) is 13.5 Å². The van der Waals surface area contributed by atoms with Crippen LogP contribution in [-0.2, 0) is 6.54 Å². The number of amidine groups is 2. The quantitative estimate of drug-likeness (QED) is 0.122. The minimum atomic E-state index is 0.290. The molecule has 0 unspecified atom stereocenters. The summed E-state index contributed by atoms with van der Waals surface area (Å²) in [6.45, 7) is 6.70. The molecule has 0 amide bonds. The van der Waals surface area contributed by atoms with E-state index in [-0.39, 0.29) is 0 Å². The Balaban J connectivity index is 1.09. The van der Waals surface area contributed by atoms with Crippen LogP contribution < -0.4 is 16.4 Å². The van der Waals surface area contributed by atoms with Gasteiger partial charge in [0.05, 0.1) is 17.6 Å². The summed E-state index contributed by atoms with van der Waals surface area (Å²) in [6, 6.07) is 65.9. The van der Waals surface area contributed by atoms with Gasteiger partial charge in [0.1, 0.15) is 16.8 Å². The monoisotopic (exact) mass is 842 g/mol. The van der Waals surface area contributed by atoms with Gasteiger partial charge in [-0.15, -0.1) is 11.3 Å². The summed E-state index contributed by atoms with van der Waals surface area (Å²) in [5.74, 6) is 0.808. The van der Waals surface area contributed by atoms with Crippen molar-refractivity contribution in [1.29, 1.82) is 0 Å². The lowest BCUT2D eigenvalue weighted by atomic mass is 9.94. The molecule has 6 heteroatoms. The van der Waals surface area contributed by atoms with Crippen LogP contribution in [0.3, 0.4) is 0 Å². The van der Waals surface area contributed by atoms with Gasteiger partial charge in [-0.25, -0.2) is 4.99 Å². The summed E-state index contributed by atoms with van der Waals surface area (Å²) in [5, 5.41) is 6.64. The van der Waals surface area contributed by atoms with Crippen LogP contribution in [0.5, 0.6) is 0 Å². The van der Waals surface area contributed by atoms with Gasteiger partial charge in [0.2, 0.25) is 0 Å². The minimum absolute atomic E-state index is 0.290. The fourth-order valence-electron chi connectivity index (χ4n) is 9.11. The van der Waals surface area contributed by atoms with E-state index in [9.17, 15) is 0 Å². The van der Waals surface area contributed by atoms with Gasteiger partial charge in [0.25, 0.3) is 0 Å². The van der Waals surface area contributed by atoms with E-state index >= 15 is 0 Å². The standard InChI is InChI=1S/C58H42N4OS/c1-3-42(54-48-35-39(30-33-52(48)63-51(54)4-2)43-31-32-44(38-20-9-6-10-21-38)56-55(43)47-26-13-16-29-53(47)64-56)57(59)61-58(60-36-37-18-7-5-8-19-37)40-22-17-23-41(34-40)62-49-27-14-11-24-45(49)46-25-12-15-28-50(46)62/h3-35H,1,36H2,2H3,(H2,59,60,61)/b51-4+,54-42+. The van der Waals surface area contributed by atoms with E-state index in [1.165, 1.54) is 42.1 Å². The highest BCUT2D eigenvalue weighted by molar-refractivity contribution is 7.26. The van der Waals surface area contributed by atoms with Crippen LogP contribution in [0.1, 0.15) is 18.1 Å². The molecule has 0 fully saturated rings. The third-order valence-electron chi connectivity index (χ3n) is 12.1.